The zero-order chi connectivity index (χ0) is 13.9. The number of carboxylic acids is 1. The van der Waals surface area contributed by atoms with Gasteiger partial charge in [-0.1, -0.05) is 30.3 Å². The van der Waals surface area contributed by atoms with Crippen LogP contribution in [0.4, 0.5) is 0 Å². The first-order valence-electron chi connectivity index (χ1n) is 6.66. The largest absolute Gasteiger partial charge is 0.478 e. The van der Waals surface area contributed by atoms with Gasteiger partial charge in [-0.05, 0) is 12.0 Å². The van der Waals surface area contributed by atoms with Gasteiger partial charge in [-0.3, -0.25) is 4.68 Å². The van der Waals surface area contributed by atoms with Crippen LogP contribution in [0.5, 0.6) is 0 Å². The van der Waals surface area contributed by atoms with Gasteiger partial charge in [0.05, 0.1) is 18.8 Å². The van der Waals surface area contributed by atoms with Crippen LogP contribution in [0.25, 0.3) is 0 Å². The molecule has 0 radical (unpaired) electrons. The number of rotatable bonds is 4. The lowest BCUT2D eigenvalue weighted by molar-refractivity contribution is 0.0695. The summed E-state index contributed by atoms with van der Waals surface area (Å²) in [4.78, 5) is 11.4. The molecule has 2 heterocycles. The van der Waals surface area contributed by atoms with E-state index in [0.717, 1.165) is 12.0 Å². The van der Waals surface area contributed by atoms with Crippen LogP contribution in [-0.2, 0) is 11.3 Å². The van der Waals surface area contributed by atoms with Gasteiger partial charge < -0.3 is 9.84 Å². The van der Waals surface area contributed by atoms with E-state index in [1.807, 2.05) is 30.3 Å². The molecule has 5 heteroatoms. The Bertz CT molecular complexity index is 601. The number of hydrogen-bond donors (Lipinski definition) is 1. The third kappa shape index (κ3) is 2.58. The van der Waals surface area contributed by atoms with Crippen molar-refractivity contribution in [1.82, 2.24) is 9.78 Å². The van der Waals surface area contributed by atoms with Gasteiger partial charge >= 0.3 is 5.97 Å². The molecule has 104 valence electrons. The molecular formula is C15H16N2O3. The molecule has 0 spiro atoms. The Balaban J connectivity index is 1.89. The van der Waals surface area contributed by atoms with Crippen molar-refractivity contribution >= 4 is 5.97 Å². The summed E-state index contributed by atoms with van der Waals surface area (Å²) in [5.74, 6) is -0.829. The van der Waals surface area contributed by atoms with Gasteiger partial charge in [0.15, 0.2) is 0 Å². The standard InChI is InChI=1S/C15H16N2O3/c18-15(19)13-9-17(8-11-4-2-1-3-5-11)16-14(13)12-6-7-20-10-12/h1-5,9,12H,6-8,10H2,(H,18,19). The van der Waals surface area contributed by atoms with E-state index in [-0.39, 0.29) is 11.5 Å². The highest BCUT2D eigenvalue weighted by Gasteiger charge is 2.26. The third-order valence-electron chi connectivity index (χ3n) is 3.52. The van der Waals surface area contributed by atoms with Crippen LogP contribution >= 0.6 is 0 Å². The number of aromatic nitrogens is 2. The number of nitrogens with zero attached hydrogens (tertiary/aromatic N) is 2. The first-order chi connectivity index (χ1) is 9.74. The number of hydrogen-bond acceptors (Lipinski definition) is 3. The van der Waals surface area contributed by atoms with E-state index < -0.39 is 5.97 Å². The number of benzene rings is 1. The van der Waals surface area contributed by atoms with Gasteiger partial charge in [0.2, 0.25) is 0 Å². The molecule has 20 heavy (non-hydrogen) atoms. The second-order valence-corrected chi connectivity index (χ2v) is 4.98. The van der Waals surface area contributed by atoms with Gasteiger partial charge in [-0.2, -0.15) is 5.10 Å². The second kappa shape index (κ2) is 5.46. The summed E-state index contributed by atoms with van der Waals surface area (Å²) >= 11 is 0. The fourth-order valence-corrected chi connectivity index (χ4v) is 2.50. The summed E-state index contributed by atoms with van der Waals surface area (Å²) < 4.78 is 7.03. The van der Waals surface area contributed by atoms with Gasteiger partial charge in [0.25, 0.3) is 0 Å². The molecule has 1 N–H and O–H groups in total. The number of ether oxygens (including phenoxy) is 1. The van der Waals surface area contributed by atoms with E-state index in [1.165, 1.54) is 0 Å². The van der Waals surface area contributed by atoms with Gasteiger partial charge in [0, 0.05) is 18.7 Å². The molecule has 1 aliphatic heterocycles. The fourth-order valence-electron chi connectivity index (χ4n) is 2.50. The number of carboxylic acid groups (broad SMARTS) is 1. The molecule has 3 rings (SSSR count). The predicted molar refractivity (Wildman–Crippen MR) is 72.9 cm³/mol. The normalized spacial score (nSPS) is 18.3. The van der Waals surface area contributed by atoms with Gasteiger partial charge in [-0.15, -0.1) is 0 Å². The molecule has 1 fully saturated rings. The van der Waals surface area contributed by atoms with Crippen molar-refractivity contribution in [2.45, 2.75) is 18.9 Å². The van der Waals surface area contributed by atoms with Crippen LogP contribution < -0.4 is 0 Å². The lowest BCUT2D eigenvalue weighted by Crippen LogP contribution is -2.06. The van der Waals surface area contributed by atoms with Crippen molar-refractivity contribution in [3.05, 3.63) is 53.3 Å². The maximum atomic E-state index is 11.4. The van der Waals surface area contributed by atoms with Gasteiger partial charge in [0.1, 0.15) is 5.56 Å². The molecule has 1 unspecified atom stereocenters. The monoisotopic (exact) mass is 272 g/mol. The first-order valence-corrected chi connectivity index (χ1v) is 6.66. The fraction of sp³-hybridized carbons (Fsp3) is 0.333. The molecule has 0 aliphatic carbocycles. The topological polar surface area (TPSA) is 64.3 Å². The smallest absolute Gasteiger partial charge is 0.339 e. The van der Waals surface area contributed by atoms with Crippen LogP contribution in [0, 0.1) is 0 Å². The highest BCUT2D eigenvalue weighted by molar-refractivity contribution is 5.88. The highest BCUT2D eigenvalue weighted by atomic mass is 16.5. The molecule has 2 aromatic rings. The van der Waals surface area contributed by atoms with Crippen molar-refractivity contribution in [3.63, 3.8) is 0 Å². The number of aromatic carboxylic acids is 1. The average Bonchev–Trinajstić information content (AvgIpc) is 3.08. The molecule has 1 saturated heterocycles. The van der Waals surface area contributed by atoms with Crippen LogP contribution in [-0.4, -0.2) is 34.1 Å². The summed E-state index contributed by atoms with van der Waals surface area (Å²) in [5, 5.41) is 13.8. The van der Waals surface area contributed by atoms with Crippen LogP contribution in [0.1, 0.15) is 34.0 Å². The molecule has 0 bridgehead atoms. The lowest BCUT2D eigenvalue weighted by Gasteiger charge is -2.05. The van der Waals surface area contributed by atoms with E-state index in [9.17, 15) is 9.90 Å². The molecule has 1 atom stereocenters. The summed E-state index contributed by atoms with van der Waals surface area (Å²) in [6.45, 7) is 1.81. The van der Waals surface area contributed by atoms with Crippen LogP contribution in [0.2, 0.25) is 0 Å². The predicted octanol–water partition coefficient (Wildman–Crippen LogP) is 2.13. The summed E-state index contributed by atoms with van der Waals surface area (Å²) in [6.07, 6.45) is 2.45. The SMILES string of the molecule is O=C(O)c1cn(Cc2ccccc2)nc1C1CCOC1. The van der Waals surface area contributed by atoms with Crippen molar-refractivity contribution in [3.8, 4) is 0 Å². The Morgan fingerprint density at radius 3 is 2.85 bits per heavy atom. The van der Waals surface area contributed by atoms with Gasteiger partial charge in [-0.25, -0.2) is 4.79 Å². The van der Waals surface area contributed by atoms with E-state index in [4.69, 9.17) is 4.74 Å². The summed E-state index contributed by atoms with van der Waals surface area (Å²) in [7, 11) is 0. The van der Waals surface area contributed by atoms with Crippen molar-refractivity contribution in [2.24, 2.45) is 0 Å². The van der Waals surface area contributed by atoms with E-state index in [2.05, 4.69) is 5.10 Å². The van der Waals surface area contributed by atoms with E-state index in [1.54, 1.807) is 10.9 Å². The second-order valence-electron chi connectivity index (χ2n) is 4.98. The zero-order valence-corrected chi connectivity index (χ0v) is 11.0. The van der Waals surface area contributed by atoms with Crippen molar-refractivity contribution in [1.29, 1.82) is 0 Å². The van der Waals surface area contributed by atoms with E-state index in [0.29, 0.717) is 25.5 Å². The maximum absolute atomic E-state index is 11.4. The maximum Gasteiger partial charge on any atom is 0.339 e. The zero-order valence-electron chi connectivity index (χ0n) is 11.0. The van der Waals surface area contributed by atoms with Crippen molar-refractivity contribution < 1.29 is 14.6 Å². The minimum atomic E-state index is -0.925. The Hall–Kier alpha value is -2.14. The molecular weight excluding hydrogens is 256 g/mol. The number of carbonyl (C=O) groups is 1. The highest BCUT2D eigenvalue weighted by Crippen LogP contribution is 2.27. The molecule has 1 aromatic heterocycles. The van der Waals surface area contributed by atoms with E-state index >= 15 is 0 Å². The first kappa shape index (κ1) is 12.9. The Labute approximate surface area is 116 Å². The third-order valence-corrected chi connectivity index (χ3v) is 3.52. The molecule has 1 aliphatic rings. The summed E-state index contributed by atoms with van der Waals surface area (Å²) in [5.41, 5.74) is 2.03. The molecule has 1 aromatic carbocycles. The minimum absolute atomic E-state index is 0.0955. The Morgan fingerprint density at radius 2 is 2.20 bits per heavy atom. The molecule has 5 nitrogen and oxygen atoms in total. The minimum Gasteiger partial charge on any atom is -0.478 e. The Kier molecular flexibility index (Phi) is 3.52. The molecule has 0 amide bonds. The van der Waals surface area contributed by atoms with Crippen LogP contribution in [0.3, 0.4) is 0 Å². The molecule has 0 saturated carbocycles. The van der Waals surface area contributed by atoms with Crippen molar-refractivity contribution in [2.75, 3.05) is 13.2 Å². The summed E-state index contributed by atoms with van der Waals surface area (Å²) in [6, 6.07) is 9.88. The Morgan fingerprint density at radius 1 is 1.40 bits per heavy atom. The lowest BCUT2D eigenvalue weighted by atomic mass is 10.0. The van der Waals surface area contributed by atoms with Crippen LogP contribution in [0.15, 0.2) is 36.5 Å². The quantitative estimate of drug-likeness (QED) is 0.926. The average molecular weight is 272 g/mol.